The zero-order valence-corrected chi connectivity index (χ0v) is 16.1. The first kappa shape index (κ1) is 19.1. The fourth-order valence-corrected chi connectivity index (χ4v) is 2.59. The van der Waals surface area contributed by atoms with Gasteiger partial charge in [-0.25, -0.2) is 4.99 Å². The van der Waals surface area contributed by atoms with Crippen LogP contribution in [0.2, 0.25) is 0 Å². The van der Waals surface area contributed by atoms with Crippen molar-refractivity contribution in [3.63, 3.8) is 0 Å². The van der Waals surface area contributed by atoms with Crippen molar-refractivity contribution in [2.24, 2.45) is 4.99 Å². The van der Waals surface area contributed by atoms with E-state index in [1.165, 1.54) is 0 Å². The molecule has 0 atom stereocenters. The highest BCUT2D eigenvalue weighted by Gasteiger charge is 2.06. The maximum absolute atomic E-state index is 12.2. The fourth-order valence-electron chi connectivity index (χ4n) is 2.23. The van der Waals surface area contributed by atoms with Gasteiger partial charge in [-0.05, 0) is 43.7 Å². The first-order valence-corrected chi connectivity index (χ1v) is 9.06. The lowest BCUT2D eigenvalue weighted by Crippen LogP contribution is -2.39. The van der Waals surface area contributed by atoms with Gasteiger partial charge in [-0.15, -0.1) is 0 Å². The Morgan fingerprint density at radius 3 is 2.72 bits per heavy atom. The van der Waals surface area contributed by atoms with Gasteiger partial charge in [-0.3, -0.25) is 4.79 Å². The molecule has 6 nitrogen and oxygen atoms in total. The average molecular weight is 406 g/mol. The van der Waals surface area contributed by atoms with Crippen molar-refractivity contribution in [2.75, 3.05) is 25.0 Å². The maximum Gasteiger partial charge on any atom is 0.246 e. The lowest BCUT2D eigenvalue weighted by atomic mass is 10.2. The number of benzene rings is 1. The molecule has 1 amide bonds. The number of hydrogen-bond acceptors (Lipinski definition) is 2. The fraction of sp³-hybridized carbons (Fsp3) is 0.333. The van der Waals surface area contributed by atoms with Crippen molar-refractivity contribution >= 4 is 33.5 Å². The molecule has 1 heterocycles. The van der Waals surface area contributed by atoms with Gasteiger partial charge in [0.05, 0.1) is 0 Å². The van der Waals surface area contributed by atoms with Crippen molar-refractivity contribution in [3.8, 4) is 0 Å². The van der Waals surface area contributed by atoms with E-state index in [2.05, 4.69) is 41.4 Å². The summed E-state index contributed by atoms with van der Waals surface area (Å²) >= 11 is 3.41. The number of carbonyl (C=O) groups is 1. The first-order valence-electron chi connectivity index (χ1n) is 8.27. The monoisotopic (exact) mass is 405 g/mol. The molecule has 0 fully saturated rings. The van der Waals surface area contributed by atoms with Crippen LogP contribution in [0.5, 0.6) is 0 Å². The number of hydrogen-bond donors (Lipinski definition) is 3. The number of rotatable bonds is 7. The number of nitrogens with zero attached hydrogens (tertiary/aromatic N) is 2. The molecule has 1 aromatic heterocycles. The van der Waals surface area contributed by atoms with E-state index in [9.17, 15) is 4.79 Å². The van der Waals surface area contributed by atoms with E-state index in [0.717, 1.165) is 35.4 Å². The summed E-state index contributed by atoms with van der Waals surface area (Å²) in [6, 6.07) is 9.77. The maximum atomic E-state index is 12.2. The molecule has 0 bridgehead atoms. The zero-order chi connectivity index (χ0) is 18.1. The minimum absolute atomic E-state index is 0.0603. The topological polar surface area (TPSA) is 70.4 Å². The van der Waals surface area contributed by atoms with E-state index < -0.39 is 0 Å². The van der Waals surface area contributed by atoms with Gasteiger partial charge in [0.25, 0.3) is 0 Å². The van der Waals surface area contributed by atoms with Crippen molar-refractivity contribution in [1.29, 1.82) is 0 Å². The van der Waals surface area contributed by atoms with Gasteiger partial charge in [0.15, 0.2) is 5.96 Å². The summed E-state index contributed by atoms with van der Waals surface area (Å²) in [4.78, 5) is 16.5. The quantitative estimate of drug-likeness (QED) is 0.489. The minimum atomic E-state index is -0.149. The molecule has 1 aromatic carbocycles. The lowest BCUT2D eigenvalue weighted by Gasteiger charge is -2.12. The SMILES string of the molecule is CCNC(=NCC(=O)Nc1cc(Br)ccc1C)NCCn1cccc1. The van der Waals surface area contributed by atoms with Crippen LogP contribution in [-0.4, -0.2) is 36.1 Å². The molecule has 7 heteroatoms. The molecule has 2 aromatic rings. The normalized spacial score (nSPS) is 11.2. The van der Waals surface area contributed by atoms with E-state index >= 15 is 0 Å². The molecular formula is C18H24BrN5O. The molecule has 0 saturated heterocycles. The molecule has 0 aliphatic rings. The number of amides is 1. The molecule has 2 rings (SSSR count). The third-order valence-corrected chi connectivity index (χ3v) is 4.02. The summed E-state index contributed by atoms with van der Waals surface area (Å²) in [6.07, 6.45) is 4.03. The first-order chi connectivity index (χ1) is 12.1. The average Bonchev–Trinajstić information content (AvgIpc) is 3.09. The highest BCUT2D eigenvalue weighted by molar-refractivity contribution is 9.10. The Balaban J connectivity index is 1.86. The van der Waals surface area contributed by atoms with Crippen molar-refractivity contribution < 1.29 is 4.79 Å². The van der Waals surface area contributed by atoms with E-state index in [4.69, 9.17) is 0 Å². The Bertz CT molecular complexity index is 712. The van der Waals surface area contributed by atoms with Crippen molar-refractivity contribution in [1.82, 2.24) is 15.2 Å². The standard InChI is InChI=1S/C18H24BrN5O/c1-3-20-18(21-8-11-24-9-4-5-10-24)22-13-17(25)23-16-12-15(19)7-6-14(16)2/h4-7,9-10,12H,3,8,11,13H2,1-2H3,(H,23,25)(H2,20,21,22). The molecule has 0 spiro atoms. The van der Waals surface area contributed by atoms with Crippen LogP contribution in [-0.2, 0) is 11.3 Å². The zero-order valence-electron chi connectivity index (χ0n) is 14.6. The summed E-state index contributed by atoms with van der Waals surface area (Å²) < 4.78 is 3.01. The van der Waals surface area contributed by atoms with Crippen LogP contribution in [0.4, 0.5) is 5.69 Å². The Hall–Kier alpha value is -2.28. The van der Waals surface area contributed by atoms with Crippen LogP contribution < -0.4 is 16.0 Å². The predicted octanol–water partition coefficient (Wildman–Crippen LogP) is 2.75. The summed E-state index contributed by atoms with van der Waals surface area (Å²) in [5.74, 6) is 0.486. The second-order valence-corrected chi connectivity index (χ2v) is 6.47. The second-order valence-electron chi connectivity index (χ2n) is 5.55. The number of aliphatic imine (C=N–C) groups is 1. The van der Waals surface area contributed by atoms with Gasteiger partial charge < -0.3 is 20.5 Å². The predicted molar refractivity (Wildman–Crippen MR) is 106 cm³/mol. The van der Waals surface area contributed by atoms with Gasteiger partial charge in [0, 0.05) is 42.2 Å². The largest absolute Gasteiger partial charge is 0.357 e. The summed E-state index contributed by atoms with van der Waals surface area (Å²) in [5, 5.41) is 9.27. The number of guanidine groups is 1. The van der Waals surface area contributed by atoms with E-state index in [1.807, 2.05) is 56.6 Å². The molecule has 0 radical (unpaired) electrons. The molecule has 0 aliphatic heterocycles. The van der Waals surface area contributed by atoms with Gasteiger partial charge in [0.1, 0.15) is 6.54 Å². The Morgan fingerprint density at radius 2 is 2.00 bits per heavy atom. The molecule has 3 N–H and O–H groups in total. The minimum Gasteiger partial charge on any atom is -0.357 e. The molecule has 0 unspecified atom stereocenters. The van der Waals surface area contributed by atoms with Crippen molar-refractivity contribution in [3.05, 3.63) is 52.8 Å². The Kier molecular flexibility index (Phi) is 7.53. The van der Waals surface area contributed by atoms with Crippen molar-refractivity contribution in [2.45, 2.75) is 20.4 Å². The Morgan fingerprint density at radius 1 is 1.24 bits per heavy atom. The van der Waals surface area contributed by atoms with Crippen LogP contribution in [0.15, 0.2) is 52.2 Å². The summed E-state index contributed by atoms with van der Waals surface area (Å²) in [6.45, 7) is 6.31. The molecule has 0 aliphatic carbocycles. The Labute approximate surface area is 156 Å². The number of aryl methyl sites for hydroxylation is 1. The van der Waals surface area contributed by atoms with Gasteiger partial charge >= 0.3 is 0 Å². The van der Waals surface area contributed by atoms with Crippen LogP contribution in [0.3, 0.4) is 0 Å². The summed E-state index contributed by atoms with van der Waals surface area (Å²) in [7, 11) is 0. The number of nitrogens with one attached hydrogen (secondary N) is 3. The van der Waals surface area contributed by atoms with Gasteiger partial charge in [-0.2, -0.15) is 0 Å². The number of carbonyl (C=O) groups excluding carboxylic acids is 1. The van der Waals surface area contributed by atoms with E-state index in [-0.39, 0.29) is 12.5 Å². The van der Waals surface area contributed by atoms with Crippen LogP contribution in [0.1, 0.15) is 12.5 Å². The molecule has 25 heavy (non-hydrogen) atoms. The van der Waals surface area contributed by atoms with Crippen LogP contribution >= 0.6 is 15.9 Å². The van der Waals surface area contributed by atoms with E-state index in [0.29, 0.717) is 5.96 Å². The molecular weight excluding hydrogens is 382 g/mol. The lowest BCUT2D eigenvalue weighted by molar-refractivity contribution is -0.114. The second kappa shape index (κ2) is 9.88. The van der Waals surface area contributed by atoms with Gasteiger partial charge in [0.2, 0.25) is 5.91 Å². The summed E-state index contributed by atoms with van der Waals surface area (Å²) in [5.41, 5.74) is 1.80. The smallest absolute Gasteiger partial charge is 0.246 e. The molecule has 134 valence electrons. The number of halogens is 1. The number of anilines is 1. The highest BCUT2D eigenvalue weighted by Crippen LogP contribution is 2.20. The highest BCUT2D eigenvalue weighted by atomic mass is 79.9. The molecule has 0 saturated carbocycles. The van der Waals surface area contributed by atoms with Crippen LogP contribution in [0.25, 0.3) is 0 Å². The van der Waals surface area contributed by atoms with E-state index in [1.54, 1.807) is 0 Å². The van der Waals surface area contributed by atoms with Gasteiger partial charge in [-0.1, -0.05) is 22.0 Å². The third kappa shape index (κ3) is 6.62. The van der Waals surface area contributed by atoms with Crippen LogP contribution in [0, 0.1) is 6.92 Å². The third-order valence-electron chi connectivity index (χ3n) is 3.53. The number of aromatic nitrogens is 1.